The number of esters is 3. The Kier molecular flexibility index (Phi) is 50.4. The summed E-state index contributed by atoms with van der Waals surface area (Å²) in [6.07, 6.45) is 69.2. The first-order valence-corrected chi connectivity index (χ1v) is 27.1. The standard InChI is InChI=1S/C59H100O6/c1-4-7-10-13-15-17-19-21-23-25-27-28-29-30-32-33-35-37-39-41-43-46-49-52-58(61)64-55-56(54-63-57(60)51-48-45-12-9-6-3)65-59(62)53-50-47-44-42-40-38-36-34-31-26-24-22-20-18-16-14-11-8-5-2/h8,11,16,18,22,24-25,27,31,34,38,40,44,47,56H,4-7,9-10,12-15,17,19-21,23,26,28-30,32-33,35-37,39,41-43,45-46,48-55H2,1-3H3/b11-8-,18-16-,24-22-,27-25-,34-31-,40-38-,47-44-. The molecule has 6 nitrogen and oxygen atoms in total. The quantitative estimate of drug-likeness (QED) is 0.0262. The van der Waals surface area contributed by atoms with Crippen molar-refractivity contribution in [3.05, 3.63) is 85.1 Å². The zero-order chi connectivity index (χ0) is 47.2. The number of unbranched alkanes of at least 4 members (excludes halogenated alkanes) is 23. The number of ether oxygens (including phenoxy) is 3. The maximum atomic E-state index is 12.7. The van der Waals surface area contributed by atoms with Crippen LogP contribution < -0.4 is 0 Å². The molecule has 0 heterocycles. The summed E-state index contributed by atoms with van der Waals surface area (Å²) in [5, 5.41) is 0. The number of carbonyl (C=O) groups excluding carboxylic acids is 3. The van der Waals surface area contributed by atoms with Crippen LogP contribution in [0.25, 0.3) is 0 Å². The maximum absolute atomic E-state index is 12.7. The van der Waals surface area contributed by atoms with Crippen molar-refractivity contribution in [3.8, 4) is 0 Å². The molecule has 0 spiro atoms. The van der Waals surface area contributed by atoms with Crippen LogP contribution in [-0.2, 0) is 28.6 Å². The maximum Gasteiger partial charge on any atom is 0.306 e. The molecule has 0 amide bonds. The molecule has 6 heteroatoms. The van der Waals surface area contributed by atoms with E-state index in [4.69, 9.17) is 14.2 Å². The third-order valence-electron chi connectivity index (χ3n) is 11.4. The summed E-state index contributed by atoms with van der Waals surface area (Å²) < 4.78 is 16.6. The number of allylic oxidation sites excluding steroid dienone is 14. The Morgan fingerprint density at radius 3 is 1.00 bits per heavy atom. The molecule has 0 aromatic rings. The fourth-order valence-corrected chi connectivity index (χ4v) is 7.35. The van der Waals surface area contributed by atoms with E-state index in [2.05, 4.69) is 93.7 Å². The van der Waals surface area contributed by atoms with E-state index in [9.17, 15) is 14.4 Å². The molecule has 0 aliphatic heterocycles. The largest absolute Gasteiger partial charge is 0.462 e. The van der Waals surface area contributed by atoms with Gasteiger partial charge >= 0.3 is 17.9 Å². The molecule has 1 atom stereocenters. The molecule has 0 aromatic heterocycles. The van der Waals surface area contributed by atoms with E-state index < -0.39 is 12.1 Å². The van der Waals surface area contributed by atoms with E-state index in [1.54, 1.807) is 0 Å². The highest BCUT2D eigenvalue weighted by atomic mass is 16.6. The molecule has 0 saturated carbocycles. The minimum Gasteiger partial charge on any atom is -0.462 e. The van der Waals surface area contributed by atoms with Gasteiger partial charge in [0.1, 0.15) is 13.2 Å². The van der Waals surface area contributed by atoms with E-state index in [-0.39, 0.29) is 31.6 Å². The Morgan fingerprint density at radius 1 is 0.323 bits per heavy atom. The predicted molar refractivity (Wildman–Crippen MR) is 279 cm³/mol. The van der Waals surface area contributed by atoms with Gasteiger partial charge in [0.2, 0.25) is 0 Å². The Morgan fingerprint density at radius 2 is 0.631 bits per heavy atom. The second kappa shape index (κ2) is 53.2. The zero-order valence-electron chi connectivity index (χ0n) is 42.5. The minimum atomic E-state index is -0.813. The van der Waals surface area contributed by atoms with E-state index in [0.29, 0.717) is 19.3 Å². The highest BCUT2D eigenvalue weighted by Gasteiger charge is 2.19. The molecule has 65 heavy (non-hydrogen) atoms. The second-order valence-electron chi connectivity index (χ2n) is 17.8. The van der Waals surface area contributed by atoms with Crippen LogP contribution in [0, 0.1) is 0 Å². The predicted octanol–water partition coefficient (Wildman–Crippen LogP) is 18.0. The average Bonchev–Trinajstić information content (AvgIpc) is 3.30. The lowest BCUT2D eigenvalue weighted by Gasteiger charge is -2.18. The fraction of sp³-hybridized carbons (Fsp3) is 0.712. The van der Waals surface area contributed by atoms with Gasteiger partial charge in [-0.25, -0.2) is 0 Å². The van der Waals surface area contributed by atoms with Crippen LogP contribution in [-0.4, -0.2) is 37.2 Å². The van der Waals surface area contributed by atoms with Crippen LogP contribution in [0.15, 0.2) is 85.1 Å². The van der Waals surface area contributed by atoms with Gasteiger partial charge in [0.25, 0.3) is 0 Å². The number of carbonyl (C=O) groups is 3. The molecule has 372 valence electrons. The van der Waals surface area contributed by atoms with Gasteiger partial charge in [-0.15, -0.1) is 0 Å². The van der Waals surface area contributed by atoms with E-state index >= 15 is 0 Å². The van der Waals surface area contributed by atoms with Gasteiger partial charge in [0.05, 0.1) is 0 Å². The molecule has 0 rings (SSSR count). The van der Waals surface area contributed by atoms with Crippen LogP contribution in [0.2, 0.25) is 0 Å². The second-order valence-corrected chi connectivity index (χ2v) is 17.8. The topological polar surface area (TPSA) is 78.9 Å². The molecule has 0 fully saturated rings. The normalized spacial score (nSPS) is 12.7. The molecule has 1 unspecified atom stereocenters. The van der Waals surface area contributed by atoms with Crippen molar-refractivity contribution >= 4 is 17.9 Å². The van der Waals surface area contributed by atoms with Gasteiger partial charge in [-0.1, -0.05) is 234 Å². The summed E-state index contributed by atoms with van der Waals surface area (Å²) in [5.41, 5.74) is 0. The first-order valence-electron chi connectivity index (χ1n) is 27.1. The lowest BCUT2D eigenvalue weighted by Crippen LogP contribution is -2.30. The van der Waals surface area contributed by atoms with Gasteiger partial charge in [-0.05, 0) is 83.5 Å². The number of hydrogen-bond acceptors (Lipinski definition) is 6. The summed E-state index contributed by atoms with van der Waals surface area (Å²) in [6, 6.07) is 0. The third kappa shape index (κ3) is 51.4. The molecule has 0 aromatic carbocycles. The van der Waals surface area contributed by atoms with Crippen molar-refractivity contribution in [2.75, 3.05) is 13.2 Å². The van der Waals surface area contributed by atoms with E-state index in [0.717, 1.165) is 89.9 Å². The molecular formula is C59H100O6. The van der Waals surface area contributed by atoms with Crippen molar-refractivity contribution in [3.63, 3.8) is 0 Å². The molecule has 0 aliphatic rings. The van der Waals surface area contributed by atoms with Crippen LogP contribution in [0.5, 0.6) is 0 Å². The summed E-state index contributed by atoms with van der Waals surface area (Å²) in [4.78, 5) is 37.7. The Hall–Kier alpha value is -3.41. The SMILES string of the molecule is CC/C=C\C/C=C\C/C=C\C/C=C\C/C=C\C/C=C\CCC(=O)OC(COC(=O)CCCCCCC)COC(=O)CCCCCCCCCCCCC/C=C\CCCCCCCCCC. The summed E-state index contributed by atoms with van der Waals surface area (Å²) in [6.45, 7) is 6.38. The van der Waals surface area contributed by atoms with Gasteiger partial charge in [0.15, 0.2) is 6.10 Å². The van der Waals surface area contributed by atoms with E-state index in [1.165, 1.54) is 116 Å². The average molecular weight is 905 g/mol. The first kappa shape index (κ1) is 61.6. The summed E-state index contributed by atoms with van der Waals surface area (Å²) in [5.74, 6) is -1.01. The Labute approximate surface area is 401 Å². The number of rotatable bonds is 48. The summed E-state index contributed by atoms with van der Waals surface area (Å²) in [7, 11) is 0. The van der Waals surface area contributed by atoms with Crippen LogP contribution in [0.3, 0.4) is 0 Å². The number of hydrogen-bond donors (Lipinski definition) is 0. The molecule has 0 aliphatic carbocycles. The van der Waals surface area contributed by atoms with Crippen molar-refractivity contribution in [2.45, 2.75) is 258 Å². The van der Waals surface area contributed by atoms with Crippen molar-refractivity contribution in [2.24, 2.45) is 0 Å². The smallest absolute Gasteiger partial charge is 0.306 e. The van der Waals surface area contributed by atoms with Crippen molar-refractivity contribution in [1.29, 1.82) is 0 Å². The highest BCUT2D eigenvalue weighted by molar-refractivity contribution is 5.71. The monoisotopic (exact) mass is 905 g/mol. The van der Waals surface area contributed by atoms with Crippen molar-refractivity contribution in [1.82, 2.24) is 0 Å². The molecule has 0 saturated heterocycles. The van der Waals surface area contributed by atoms with Crippen LogP contribution in [0.4, 0.5) is 0 Å². The Bertz CT molecular complexity index is 1270. The highest BCUT2D eigenvalue weighted by Crippen LogP contribution is 2.15. The first-order chi connectivity index (χ1) is 32.0. The van der Waals surface area contributed by atoms with E-state index in [1.807, 2.05) is 12.2 Å². The zero-order valence-corrected chi connectivity index (χ0v) is 42.5. The molecule has 0 bridgehead atoms. The molecule has 0 N–H and O–H groups in total. The molecular weight excluding hydrogens is 805 g/mol. The van der Waals surface area contributed by atoms with Gasteiger partial charge in [-0.2, -0.15) is 0 Å². The molecule has 0 radical (unpaired) electrons. The van der Waals surface area contributed by atoms with Crippen LogP contribution >= 0.6 is 0 Å². The van der Waals surface area contributed by atoms with Crippen molar-refractivity contribution < 1.29 is 28.6 Å². The van der Waals surface area contributed by atoms with Gasteiger partial charge < -0.3 is 14.2 Å². The van der Waals surface area contributed by atoms with Gasteiger partial charge in [0, 0.05) is 19.3 Å². The third-order valence-corrected chi connectivity index (χ3v) is 11.4. The van der Waals surface area contributed by atoms with Gasteiger partial charge in [-0.3, -0.25) is 14.4 Å². The minimum absolute atomic E-state index is 0.107. The Balaban J connectivity index is 4.21. The summed E-state index contributed by atoms with van der Waals surface area (Å²) >= 11 is 0. The lowest BCUT2D eigenvalue weighted by molar-refractivity contribution is -0.166. The van der Waals surface area contributed by atoms with Crippen LogP contribution in [0.1, 0.15) is 252 Å². The fourth-order valence-electron chi connectivity index (χ4n) is 7.35. The lowest BCUT2D eigenvalue weighted by atomic mass is 10.0.